The molecule has 0 amide bonds. The van der Waals surface area contributed by atoms with E-state index < -0.39 is 0 Å². The van der Waals surface area contributed by atoms with Gasteiger partial charge in [-0.05, 0) is 111 Å². The van der Waals surface area contributed by atoms with Crippen molar-refractivity contribution in [1.82, 2.24) is 5.32 Å². The lowest BCUT2D eigenvalue weighted by Crippen LogP contribution is -2.57. The fourth-order valence-corrected chi connectivity index (χ4v) is 8.94. The second kappa shape index (κ2) is 7.63. The van der Waals surface area contributed by atoms with Crippen molar-refractivity contribution < 1.29 is 5.11 Å². The van der Waals surface area contributed by atoms with Gasteiger partial charge in [-0.15, -0.1) is 0 Å². The molecule has 0 radical (unpaired) electrons. The van der Waals surface area contributed by atoms with E-state index in [-0.39, 0.29) is 6.10 Å². The lowest BCUT2D eigenvalue weighted by Gasteiger charge is -2.62. The highest BCUT2D eigenvalue weighted by Crippen LogP contribution is 2.68. The first kappa shape index (κ1) is 20.2. The van der Waals surface area contributed by atoms with E-state index in [1.54, 1.807) is 0 Å². The molecule has 0 bridgehead atoms. The first-order valence-corrected chi connectivity index (χ1v) is 12.3. The van der Waals surface area contributed by atoms with Gasteiger partial charge in [-0.25, -0.2) is 0 Å². The van der Waals surface area contributed by atoms with E-state index in [0.717, 1.165) is 42.6 Å². The van der Waals surface area contributed by atoms with Gasteiger partial charge in [-0.1, -0.05) is 40.5 Å². The number of rotatable bonds is 5. The van der Waals surface area contributed by atoms with E-state index in [9.17, 15) is 5.11 Å². The van der Waals surface area contributed by atoms with Crippen molar-refractivity contribution in [1.29, 1.82) is 0 Å². The Bertz CT molecular complexity index is 520. The van der Waals surface area contributed by atoms with E-state index in [2.05, 4.69) is 33.0 Å². The number of aliphatic hydroxyl groups excluding tert-OH is 1. The summed E-state index contributed by atoms with van der Waals surface area (Å²) in [5.74, 6) is 4.63. The van der Waals surface area contributed by atoms with Crippen LogP contribution in [0, 0.1) is 46.3 Å². The molecule has 0 aromatic carbocycles. The summed E-state index contributed by atoms with van der Waals surface area (Å²) in [5.41, 5.74) is 1.00. The Morgan fingerprint density at radius 1 is 1.00 bits per heavy atom. The van der Waals surface area contributed by atoms with Crippen LogP contribution in [0.15, 0.2) is 0 Å². The van der Waals surface area contributed by atoms with Crippen molar-refractivity contribution >= 4 is 0 Å². The summed E-state index contributed by atoms with van der Waals surface area (Å²) in [5, 5.41) is 14.8. The predicted octanol–water partition coefficient (Wildman–Crippen LogP) is 5.64. The van der Waals surface area contributed by atoms with Crippen LogP contribution >= 0.6 is 0 Å². The average molecular weight is 376 g/mol. The van der Waals surface area contributed by atoms with Gasteiger partial charge < -0.3 is 10.4 Å². The van der Waals surface area contributed by atoms with Crippen molar-refractivity contribution in [3.05, 3.63) is 0 Å². The van der Waals surface area contributed by atoms with E-state index in [1.165, 1.54) is 64.3 Å². The third-order valence-corrected chi connectivity index (χ3v) is 10.4. The van der Waals surface area contributed by atoms with Crippen molar-refractivity contribution in [2.75, 3.05) is 13.1 Å². The van der Waals surface area contributed by atoms with E-state index in [0.29, 0.717) is 16.7 Å². The van der Waals surface area contributed by atoms with Crippen molar-refractivity contribution in [2.24, 2.45) is 46.3 Å². The fourth-order valence-electron chi connectivity index (χ4n) is 8.94. The molecule has 4 fully saturated rings. The van der Waals surface area contributed by atoms with Crippen LogP contribution in [0.25, 0.3) is 0 Å². The van der Waals surface area contributed by atoms with Gasteiger partial charge in [-0.2, -0.15) is 0 Å². The maximum absolute atomic E-state index is 11.3. The zero-order valence-electron chi connectivity index (χ0n) is 18.5. The Morgan fingerprint density at radius 2 is 1.78 bits per heavy atom. The van der Waals surface area contributed by atoms with Gasteiger partial charge in [0, 0.05) is 0 Å². The number of hydrogen-bond donors (Lipinski definition) is 2. The molecule has 0 heterocycles. The van der Waals surface area contributed by atoms with Gasteiger partial charge in [0.2, 0.25) is 0 Å². The SMILES string of the molecule is CCNCC[C@@H](C)C1CCC2C3C(O)CC4CCCCC4(C)C3CCC21C. The molecule has 9 atom stereocenters. The summed E-state index contributed by atoms with van der Waals surface area (Å²) in [6.07, 6.45) is 13.6. The summed E-state index contributed by atoms with van der Waals surface area (Å²) < 4.78 is 0. The summed E-state index contributed by atoms with van der Waals surface area (Å²) in [6, 6.07) is 0. The molecule has 4 saturated carbocycles. The highest BCUT2D eigenvalue weighted by Gasteiger charge is 2.62. The van der Waals surface area contributed by atoms with Crippen LogP contribution in [0.1, 0.15) is 91.9 Å². The Labute approximate surface area is 168 Å². The number of nitrogens with one attached hydrogen (secondary N) is 1. The second-order valence-electron chi connectivity index (χ2n) is 11.4. The molecular weight excluding hydrogens is 330 g/mol. The van der Waals surface area contributed by atoms with Crippen LogP contribution in [0.5, 0.6) is 0 Å². The van der Waals surface area contributed by atoms with Gasteiger partial charge in [0.1, 0.15) is 0 Å². The van der Waals surface area contributed by atoms with Crippen LogP contribution in [0.3, 0.4) is 0 Å². The number of fused-ring (bicyclic) bond motifs is 5. The molecule has 0 aromatic heterocycles. The van der Waals surface area contributed by atoms with Crippen LogP contribution in [0.2, 0.25) is 0 Å². The monoisotopic (exact) mass is 375 g/mol. The number of aliphatic hydroxyl groups is 1. The molecule has 4 rings (SSSR count). The van der Waals surface area contributed by atoms with Gasteiger partial charge in [-0.3, -0.25) is 0 Å². The average Bonchev–Trinajstić information content (AvgIpc) is 2.99. The normalized spacial score (nSPS) is 50.6. The van der Waals surface area contributed by atoms with Crippen molar-refractivity contribution in [3.63, 3.8) is 0 Å². The van der Waals surface area contributed by atoms with Crippen LogP contribution in [-0.2, 0) is 0 Å². The molecule has 0 aliphatic heterocycles. The number of hydrogen-bond acceptors (Lipinski definition) is 2. The van der Waals surface area contributed by atoms with E-state index in [4.69, 9.17) is 0 Å². The minimum atomic E-state index is -0.0217. The lowest BCUT2D eigenvalue weighted by molar-refractivity contribution is -0.164. The van der Waals surface area contributed by atoms with Crippen molar-refractivity contribution in [3.8, 4) is 0 Å². The van der Waals surface area contributed by atoms with Crippen molar-refractivity contribution in [2.45, 2.75) is 98.0 Å². The Morgan fingerprint density at radius 3 is 2.56 bits per heavy atom. The molecular formula is C25H45NO. The van der Waals surface area contributed by atoms with E-state index >= 15 is 0 Å². The molecule has 8 unspecified atom stereocenters. The van der Waals surface area contributed by atoms with Crippen LogP contribution < -0.4 is 5.32 Å². The molecule has 2 heteroatoms. The molecule has 4 aliphatic carbocycles. The molecule has 0 saturated heterocycles. The molecule has 0 aromatic rings. The Hall–Kier alpha value is -0.0800. The van der Waals surface area contributed by atoms with Gasteiger partial charge in [0.15, 0.2) is 0 Å². The maximum Gasteiger partial charge on any atom is 0.0577 e. The predicted molar refractivity (Wildman–Crippen MR) is 114 cm³/mol. The molecule has 156 valence electrons. The smallest absolute Gasteiger partial charge is 0.0577 e. The minimum Gasteiger partial charge on any atom is -0.393 e. The summed E-state index contributed by atoms with van der Waals surface area (Å²) in [7, 11) is 0. The highest BCUT2D eigenvalue weighted by atomic mass is 16.3. The largest absolute Gasteiger partial charge is 0.393 e. The first-order valence-electron chi connectivity index (χ1n) is 12.3. The zero-order valence-corrected chi connectivity index (χ0v) is 18.5. The second-order valence-corrected chi connectivity index (χ2v) is 11.4. The third-order valence-electron chi connectivity index (χ3n) is 10.4. The zero-order chi connectivity index (χ0) is 19.2. The molecule has 0 spiro atoms. The standard InChI is InChI=1S/C25H45NO/c1-5-26-15-12-17(2)19-9-10-20-23-21(11-14-25(19,20)4)24(3)13-7-6-8-18(24)16-22(23)27/h17-23,26-27H,5-16H2,1-4H3/t17-,18?,19?,20?,21?,22?,23?,24?,25?/m1/s1. The molecule has 4 aliphatic rings. The highest BCUT2D eigenvalue weighted by molar-refractivity contribution is 5.11. The van der Waals surface area contributed by atoms with Gasteiger partial charge in [0.25, 0.3) is 0 Å². The Kier molecular flexibility index (Phi) is 5.71. The van der Waals surface area contributed by atoms with Gasteiger partial charge >= 0.3 is 0 Å². The summed E-state index contributed by atoms with van der Waals surface area (Å²) >= 11 is 0. The summed E-state index contributed by atoms with van der Waals surface area (Å²) in [4.78, 5) is 0. The van der Waals surface area contributed by atoms with Crippen LogP contribution in [0.4, 0.5) is 0 Å². The molecule has 27 heavy (non-hydrogen) atoms. The van der Waals surface area contributed by atoms with E-state index in [1.807, 2.05) is 0 Å². The molecule has 2 N–H and O–H groups in total. The fraction of sp³-hybridized carbons (Fsp3) is 1.00. The first-order chi connectivity index (χ1) is 12.9. The third kappa shape index (κ3) is 3.21. The molecule has 2 nitrogen and oxygen atoms in total. The van der Waals surface area contributed by atoms with Crippen LogP contribution in [-0.4, -0.2) is 24.3 Å². The van der Waals surface area contributed by atoms with Gasteiger partial charge in [0.05, 0.1) is 6.10 Å². The minimum absolute atomic E-state index is 0.0217. The maximum atomic E-state index is 11.3. The topological polar surface area (TPSA) is 32.3 Å². The quantitative estimate of drug-likeness (QED) is 0.609. The summed E-state index contributed by atoms with van der Waals surface area (Å²) in [6.45, 7) is 12.2. The Balaban J connectivity index is 1.53. The lowest BCUT2D eigenvalue weighted by atomic mass is 9.44.